The van der Waals surface area contributed by atoms with Crippen LogP contribution >= 0.6 is 0 Å². The summed E-state index contributed by atoms with van der Waals surface area (Å²) in [5, 5.41) is 0. The van der Waals surface area contributed by atoms with Crippen LogP contribution in [0.4, 0.5) is 0 Å². The third-order valence-corrected chi connectivity index (χ3v) is 4.40. The van der Waals surface area contributed by atoms with Gasteiger partial charge < -0.3 is 14.2 Å². The minimum absolute atomic E-state index is 0.00954. The van der Waals surface area contributed by atoms with Gasteiger partial charge in [-0.2, -0.15) is 0 Å². The molecule has 140 valence electrons. The Morgan fingerprint density at radius 1 is 0.885 bits per heavy atom. The first-order valence-corrected chi connectivity index (χ1v) is 9.02. The third-order valence-electron chi connectivity index (χ3n) is 4.40. The zero-order chi connectivity index (χ0) is 18.8. The summed E-state index contributed by atoms with van der Waals surface area (Å²) >= 11 is 0. The number of ketones is 1. The second kappa shape index (κ2) is 10.6. The summed E-state index contributed by atoms with van der Waals surface area (Å²) in [5.74, 6) is 1.95. The van der Waals surface area contributed by atoms with Crippen molar-refractivity contribution >= 4 is 5.78 Å². The Morgan fingerprint density at radius 2 is 1.46 bits per heavy atom. The Kier molecular flexibility index (Phi) is 8.16. The summed E-state index contributed by atoms with van der Waals surface area (Å²) in [7, 11) is 3.30. The number of hydrogen-bond donors (Lipinski definition) is 0. The van der Waals surface area contributed by atoms with Crippen LogP contribution in [0.15, 0.2) is 48.5 Å². The smallest absolute Gasteiger partial charge is 0.133 e. The monoisotopic (exact) mass is 356 g/mol. The van der Waals surface area contributed by atoms with Gasteiger partial charge in [0.2, 0.25) is 0 Å². The molecule has 0 bridgehead atoms. The fourth-order valence-corrected chi connectivity index (χ4v) is 2.70. The van der Waals surface area contributed by atoms with E-state index in [4.69, 9.17) is 14.2 Å². The normalized spacial score (nSPS) is 11.8. The van der Waals surface area contributed by atoms with Crippen LogP contribution in [0.25, 0.3) is 0 Å². The van der Waals surface area contributed by atoms with Crippen molar-refractivity contribution in [1.29, 1.82) is 0 Å². The zero-order valence-corrected chi connectivity index (χ0v) is 15.9. The van der Waals surface area contributed by atoms with Gasteiger partial charge >= 0.3 is 0 Å². The molecule has 0 aliphatic rings. The van der Waals surface area contributed by atoms with Crippen molar-refractivity contribution < 1.29 is 19.0 Å². The van der Waals surface area contributed by atoms with E-state index in [1.54, 1.807) is 14.2 Å². The van der Waals surface area contributed by atoms with Gasteiger partial charge in [0.05, 0.1) is 20.3 Å². The molecule has 0 aliphatic heterocycles. The number of aryl methyl sites for hydroxylation is 1. The van der Waals surface area contributed by atoms with Crippen molar-refractivity contribution in [1.82, 2.24) is 0 Å². The molecule has 0 saturated heterocycles. The molecule has 2 rings (SSSR count). The Morgan fingerprint density at radius 3 is 2.04 bits per heavy atom. The van der Waals surface area contributed by atoms with Gasteiger partial charge in [-0.05, 0) is 55.2 Å². The van der Waals surface area contributed by atoms with E-state index in [0.717, 1.165) is 35.5 Å². The first-order chi connectivity index (χ1) is 12.6. The Balaban J connectivity index is 1.62. The predicted molar refractivity (Wildman–Crippen MR) is 103 cm³/mol. The molecule has 1 unspecified atom stereocenters. The molecule has 2 aromatic carbocycles. The lowest BCUT2D eigenvalue weighted by Crippen LogP contribution is -2.05. The Hall–Kier alpha value is -2.33. The summed E-state index contributed by atoms with van der Waals surface area (Å²) in [4.78, 5) is 12.0. The first kappa shape index (κ1) is 20.0. The number of Topliss-reactive ketones (excluding diaryl/α,β-unsaturated/α-hetero) is 1. The number of ether oxygens (including phenoxy) is 3. The number of hydrogen-bond acceptors (Lipinski definition) is 4. The lowest BCUT2D eigenvalue weighted by molar-refractivity contribution is -0.119. The van der Waals surface area contributed by atoms with E-state index >= 15 is 0 Å². The summed E-state index contributed by atoms with van der Waals surface area (Å²) in [6.45, 7) is 2.61. The molecule has 4 heteroatoms. The molecule has 1 atom stereocenters. The molecule has 2 aromatic rings. The van der Waals surface area contributed by atoms with Crippen molar-refractivity contribution in [3.8, 4) is 11.5 Å². The van der Waals surface area contributed by atoms with Gasteiger partial charge in [0.25, 0.3) is 0 Å². The van der Waals surface area contributed by atoms with Crippen LogP contribution in [0.2, 0.25) is 0 Å². The van der Waals surface area contributed by atoms with E-state index in [-0.39, 0.29) is 11.9 Å². The average Bonchev–Trinajstić information content (AvgIpc) is 2.70. The molecule has 0 aromatic heterocycles. The highest BCUT2D eigenvalue weighted by Crippen LogP contribution is 2.20. The molecule has 26 heavy (non-hydrogen) atoms. The number of rotatable bonds is 11. The number of carbonyl (C=O) groups excluding carboxylic acids is 1. The van der Waals surface area contributed by atoms with Crippen LogP contribution in [0, 0.1) is 0 Å². The van der Waals surface area contributed by atoms with E-state index in [0.29, 0.717) is 19.4 Å². The van der Waals surface area contributed by atoms with Gasteiger partial charge in [-0.1, -0.05) is 24.3 Å². The Bertz CT molecular complexity index is 662. The molecule has 0 aliphatic carbocycles. The van der Waals surface area contributed by atoms with Crippen LogP contribution in [-0.2, 0) is 16.0 Å². The molecule has 0 heterocycles. The second-order valence-electron chi connectivity index (χ2n) is 6.28. The van der Waals surface area contributed by atoms with E-state index in [1.807, 2.05) is 55.5 Å². The molecule has 0 radical (unpaired) electrons. The lowest BCUT2D eigenvalue weighted by Gasteiger charge is -2.13. The van der Waals surface area contributed by atoms with Crippen LogP contribution in [0.5, 0.6) is 11.5 Å². The number of carbonyl (C=O) groups is 1. The van der Waals surface area contributed by atoms with Crippen molar-refractivity contribution in [3.05, 3.63) is 59.7 Å². The minimum atomic E-state index is 0.00954. The summed E-state index contributed by atoms with van der Waals surface area (Å²) < 4.78 is 16.1. The maximum atomic E-state index is 12.0. The molecule has 4 nitrogen and oxygen atoms in total. The largest absolute Gasteiger partial charge is 0.497 e. The fraction of sp³-hybridized carbons (Fsp3) is 0.409. The average molecular weight is 356 g/mol. The van der Waals surface area contributed by atoms with Crippen LogP contribution in [0.3, 0.4) is 0 Å². The molecule has 0 fully saturated rings. The van der Waals surface area contributed by atoms with E-state index < -0.39 is 0 Å². The molecule has 0 N–H and O–H groups in total. The molecular weight excluding hydrogens is 328 g/mol. The quantitative estimate of drug-likeness (QED) is 0.544. The Labute approximate surface area is 156 Å². The van der Waals surface area contributed by atoms with Crippen molar-refractivity contribution in [2.24, 2.45) is 0 Å². The van der Waals surface area contributed by atoms with Crippen molar-refractivity contribution in [2.45, 2.75) is 38.7 Å². The lowest BCUT2D eigenvalue weighted by atomic mass is 10.1. The SMILES string of the molecule is COc1ccc(CCC(=O)CCCOC(C)c2ccc(OC)cc2)cc1. The van der Waals surface area contributed by atoms with E-state index in [1.165, 1.54) is 0 Å². The van der Waals surface area contributed by atoms with Gasteiger partial charge in [0, 0.05) is 19.4 Å². The highest BCUT2D eigenvalue weighted by Gasteiger charge is 2.07. The minimum Gasteiger partial charge on any atom is -0.497 e. The topological polar surface area (TPSA) is 44.8 Å². The van der Waals surface area contributed by atoms with Gasteiger partial charge in [-0.15, -0.1) is 0 Å². The van der Waals surface area contributed by atoms with Crippen molar-refractivity contribution in [3.63, 3.8) is 0 Å². The predicted octanol–water partition coefficient (Wildman–Crippen LogP) is 4.76. The van der Waals surface area contributed by atoms with Crippen LogP contribution < -0.4 is 9.47 Å². The maximum Gasteiger partial charge on any atom is 0.133 e. The fourth-order valence-electron chi connectivity index (χ4n) is 2.70. The third kappa shape index (κ3) is 6.52. The van der Waals surface area contributed by atoms with Gasteiger partial charge in [-0.3, -0.25) is 4.79 Å². The summed E-state index contributed by atoms with van der Waals surface area (Å²) in [5.41, 5.74) is 2.26. The van der Waals surface area contributed by atoms with Crippen LogP contribution in [0.1, 0.15) is 43.4 Å². The standard InChI is InChI=1S/C22H28O4/c1-17(19-9-14-22(25-3)15-10-19)26-16-4-5-20(23)11-6-18-7-12-21(24-2)13-8-18/h7-10,12-15,17H,4-6,11,16H2,1-3H3. The summed E-state index contributed by atoms with van der Waals surface area (Å²) in [6, 6.07) is 15.7. The highest BCUT2D eigenvalue weighted by molar-refractivity contribution is 5.78. The molecular formula is C22H28O4. The first-order valence-electron chi connectivity index (χ1n) is 9.02. The highest BCUT2D eigenvalue weighted by atomic mass is 16.5. The maximum absolute atomic E-state index is 12.0. The molecule has 0 saturated carbocycles. The van der Waals surface area contributed by atoms with Crippen molar-refractivity contribution in [2.75, 3.05) is 20.8 Å². The van der Waals surface area contributed by atoms with Gasteiger partial charge in [-0.25, -0.2) is 0 Å². The molecule has 0 spiro atoms. The number of benzene rings is 2. The van der Waals surface area contributed by atoms with E-state index in [2.05, 4.69) is 0 Å². The van der Waals surface area contributed by atoms with Crippen LogP contribution in [-0.4, -0.2) is 26.6 Å². The van der Waals surface area contributed by atoms with Gasteiger partial charge in [0.1, 0.15) is 17.3 Å². The zero-order valence-electron chi connectivity index (χ0n) is 15.9. The second-order valence-corrected chi connectivity index (χ2v) is 6.28. The van der Waals surface area contributed by atoms with E-state index in [9.17, 15) is 4.79 Å². The number of methoxy groups -OCH3 is 2. The summed E-state index contributed by atoms with van der Waals surface area (Å²) in [6.07, 6.45) is 2.66. The molecule has 0 amide bonds. The van der Waals surface area contributed by atoms with Gasteiger partial charge in [0.15, 0.2) is 0 Å².